The van der Waals surface area contributed by atoms with Gasteiger partial charge in [0, 0.05) is 17.5 Å². The van der Waals surface area contributed by atoms with Gasteiger partial charge >= 0.3 is 6.18 Å². The van der Waals surface area contributed by atoms with Crippen LogP contribution >= 0.6 is 11.3 Å². The molecule has 0 aromatic carbocycles. The first-order valence-electron chi connectivity index (χ1n) is 6.43. The minimum atomic E-state index is -4.18. The van der Waals surface area contributed by atoms with E-state index in [0.717, 1.165) is 25.1 Å². The molecule has 1 aromatic heterocycles. The number of anilines is 1. The summed E-state index contributed by atoms with van der Waals surface area (Å²) in [6, 6.07) is 0.0806. The lowest BCUT2D eigenvalue weighted by Crippen LogP contribution is -2.36. The van der Waals surface area contributed by atoms with Gasteiger partial charge in [-0.15, -0.1) is 11.3 Å². The molecule has 1 aliphatic carbocycles. The lowest BCUT2D eigenvalue weighted by molar-refractivity contribution is -0.120. The average Bonchev–Trinajstić information content (AvgIpc) is 3.02. The van der Waals surface area contributed by atoms with E-state index in [9.17, 15) is 13.2 Å². The lowest BCUT2D eigenvalue weighted by atomic mass is 10.2. The van der Waals surface area contributed by atoms with E-state index in [4.69, 9.17) is 0 Å². The van der Waals surface area contributed by atoms with E-state index in [-0.39, 0.29) is 12.1 Å². The van der Waals surface area contributed by atoms with Crippen molar-refractivity contribution in [2.24, 2.45) is 0 Å². The summed E-state index contributed by atoms with van der Waals surface area (Å²) in [5.41, 5.74) is 0.815. The molecule has 1 heterocycles. The number of hydrogen-bond acceptors (Lipinski definition) is 4. The van der Waals surface area contributed by atoms with Gasteiger partial charge < -0.3 is 10.2 Å². The molecule has 7 heteroatoms. The minimum absolute atomic E-state index is 0.00932. The number of nitrogens with zero attached hydrogens (tertiary/aromatic N) is 2. The second-order valence-corrected chi connectivity index (χ2v) is 5.65. The summed E-state index contributed by atoms with van der Waals surface area (Å²) in [6.07, 6.45) is -2.52. The number of thiazole rings is 1. The molecule has 1 aliphatic rings. The number of hydrogen-bond donors (Lipinski definition) is 1. The fourth-order valence-electron chi connectivity index (χ4n) is 1.95. The molecule has 19 heavy (non-hydrogen) atoms. The van der Waals surface area contributed by atoms with Gasteiger partial charge in [-0.05, 0) is 26.3 Å². The fraction of sp³-hybridized carbons (Fsp3) is 0.750. The summed E-state index contributed by atoms with van der Waals surface area (Å²) >= 11 is 1.30. The van der Waals surface area contributed by atoms with E-state index in [0.29, 0.717) is 5.13 Å². The average molecular weight is 293 g/mol. The van der Waals surface area contributed by atoms with Gasteiger partial charge in [0.1, 0.15) is 6.54 Å². The fourth-order valence-corrected chi connectivity index (χ4v) is 2.94. The van der Waals surface area contributed by atoms with Gasteiger partial charge in [-0.2, -0.15) is 13.2 Å². The molecule has 0 radical (unpaired) electrons. The molecule has 0 bridgehead atoms. The molecular formula is C12H18F3N3S. The SMILES string of the molecule is CCNC(C)c1csc(N(CC(F)(F)F)C2CC2)n1. The van der Waals surface area contributed by atoms with E-state index in [1.165, 1.54) is 16.2 Å². The maximum atomic E-state index is 12.6. The van der Waals surface area contributed by atoms with Gasteiger partial charge in [-0.3, -0.25) is 0 Å². The summed E-state index contributed by atoms with van der Waals surface area (Å²) in [5, 5.41) is 5.54. The molecule has 1 saturated carbocycles. The van der Waals surface area contributed by atoms with Crippen molar-refractivity contribution in [3.05, 3.63) is 11.1 Å². The van der Waals surface area contributed by atoms with Crippen molar-refractivity contribution in [3.63, 3.8) is 0 Å². The maximum Gasteiger partial charge on any atom is 0.406 e. The van der Waals surface area contributed by atoms with Crippen LogP contribution in [0.3, 0.4) is 0 Å². The number of aromatic nitrogens is 1. The predicted molar refractivity (Wildman–Crippen MR) is 70.6 cm³/mol. The van der Waals surface area contributed by atoms with Gasteiger partial charge in [0.15, 0.2) is 5.13 Å². The Labute approximate surface area is 114 Å². The molecule has 1 N–H and O–H groups in total. The van der Waals surface area contributed by atoms with Gasteiger partial charge in [0.25, 0.3) is 0 Å². The molecule has 2 rings (SSSR count). The van der Waals surface area contributed by atoms with Crippen LogP contribution in [0.25, 0.3) is 0 Å². The third-order valence-electron chi connectivity index (χ3n) is 3.05. The summed E-state index contributed by atoms with van der Waals surface area (Å²) in [4.78, 5) is 5.75. The van der Waals surface area contributed by atoms with Crippen LogP contribution in [0.5, 0.6) is 0 Å². The van der Waals surface area contributed by atoms with Crippen LogP contribution in [0.2, 0.25) is 0 Å². The molecule has 1 fully saturated rings. The standard InChI is InChI=1S/C12H18F3N3S/c1-3-16-8(2)10-6-19-11(17-10)18(9-4-5-9)7-12(13,14)15/h6,8-9,16H,3-5,7H2,1-2H3. The predicted octanol–water partition coefficient (Wildman–Crippen LogP) is 3.34. The minimum Gasteiger partial charge on any atom is -0.336 e. The quantitative estimate of drug-likeness (QED) is 0.872. The zero-order valence-electron chi connectivity index (χ0n) is 11.0. The van der Waals surface area contributed by atoms with Crippen LogP contribution < -0.4 is 10.2 Å². The largest absolute Gasteiger partial charge is 0.406 e. The van der Waals surface area contributed by atoms with Crippen LogP contribution in [0.1, 0.15) is 38.4 Å². The highest BCUT2D eigenvalue weighted by atomic mass is 32.1. The molecule has 1 atom stereocenters. The topological polar surface area (TPSA) is 28.2 Å². The van der Waals surface area contributed by atoms with Gasteiger partial charge in [0.05, 0.1) is 5.69 Å². The van der Waals surface area contributed by atoms with Crippen LogP contribution in [0, 0.1) is 0 Å². The first-order valence-corrected chi connectivity index (χ1v) is 7.31. The van der Waals surface area contributed by atoms with Gasteiger partial charge in [-0.25, -0.2) is 4.98 Å². The Hall–Kier alpha value is -0.820. The Morgan fingerprint density at radius 3 is 2.74 bits per heavy atom. The molecule has 0 aliphatic heterocycles. The first kappa shape index (κ1) is 14.6. The zero-order valence-corrected chi connectivity index (χ0v) is 11.8. The number of nitrogens with one attached hydrogen (secondary N) is 1. The van der Waals surface area contributed by atoms with Crippen molar-refractivity contribution in [2.75, 3.05) is 18.0 Å². The van der Waals surface area contributed by atoms with Crippen LogP contribution in [0.4, 0.5) is 18.3 Å². The van der Waals surface area contributed by atoms with Crippen molar-refractivity contribution in [2.45, 2.75) is 44.9 Å². The molecule has 0 saturated heterocycles. The summed E-state index contributed by atoms with van der Waals surface area (Å²) in [7, 11) is 0. The highest BCUT2D eigenvalue weighted by Crippen LogP contribution is 2.36. The van der Waals surface area contributed by atoms with E-state index < -0.39 is 12.7 Å². The second kappa shape index (κ2) is 5.66. The summed E-state index contributed by atoms with van der Waals surface area (Å²) < 4.78 is 37.8. The van der Waals surface area contributed by atoms with Crippen molar-refractivity contribution < 1.29 is 13.2 Å². The molecule has 3 nitrogen and oxygen atoms in total. The number of rotatable bonds is 6. The zero-order chi connectivity index (χ0) is 14.0. The lowest BCUT2D eigenvalue weighted by Gasteiger charge is -2.22. The van der Waals surface area contributed by atoms with Gasteiger partial charge in [-0.1, -0.05) is 6.92 Å². The highest BCUT2D eigenvalue weighted by Gasteiger charge is 2.39. The Bertz CT molecular complexity index is 415. The van der Waals surface area contributed by atoms with Crippen LogP contribution in [-0.2, 0) is 0 Å². The van der Waals surface area contributed by atoms with E-state index in [1.807, 2.05) is 19.2 Å². The molecule has 1 aromatic rings. The third kappa shape index (κ3) is 4.07. The van der Waals surface area contributed by atoms with E-state index in [2.05, 4.69) is 10.3 Å². The maximum absolute atomic E-state index is 12.6. The molecule has 108 valence electrons. The second-order valence-electron chi connectivity index (χ2n) is 4.81. The number of alkyl halides is 3. The monoisotopic (exact) mass is 293 g/mol. The molecule has 1 unspecified atom stereocenters. The Balaban J connectivity index is 2.10. The normalized spacial score (nSPS) is 17.5. The van der Waals surface area contributed by atoms with Gasteiger partial charge in [0.2, 0.25) is 0 Å². The third-order valence-corrected chi connectivity index (χ3v) is 3.94. The first-order chi connectivity index (χ1) is 8.90. The van der Waals surface area contributed by atoms with Crippen molar-refractivity contribution in [1.82, 2.24) is 10.3 Å². The number of halogens is 3. The Morgan fingerprint density at radius 2 is 2.21 bits per heavy atom. The highest BCUT2D eigenvalue weighted by molar-refractivity contribution is 7.13. The molecular weight excluding hydrogens is 275 g/mol. The van der Waals surface area contributed by atoms with E-state index >= 15 is 0 Å². The van der Waals surface area contributed by atoms with E-state index in [1.54, 1.807) is 0 Å². The van der Waals surface area contributed by atoms with Crippen molar-refractivity contribution in [3.8, 4) is 0 Å². The Morgan fingerprint density at radius 1 is 1.53 bits per heavy atom. The van der Waals surface area contributed by atoms with Crippen LogP contribution in [-0.4, -0.2) is 30.3 Å². The van der Waals surface area contributed by atoms with Crippen LogP contribution in [0.15, 0.2) is 5.38 Å². The summed E-state index contributed by atoms with van der Waals surface area (Å²) in [6.45, 7) is 3.86. The van der Waals surface area contributed by atoms with Crippen molar-refractivity contribution in [1.29, 1.82) is 0 Å². The smallest absolute Gasteiger partial charge is 0.336 e. The molecule has 0 spiro atoms. The Kier molecular flexibility index (Phi) is 4.35. The van der Waals surface area contributed by atoms with Crippen molar-refractivity contribution >= 4 is 16.5 Å². The molecule has 0 amide bonds. The summed E-state index contributed by atoms with van der Waals surface area (Å²) in [5.74, 6) is 0.